The van der Waals surface area contributed by atoms with Gasteiger partial charge in [0.15, 0.2) is 0 Å². The van der Waals surface area contributed by atoms with E-state index >= 15 is 0 Å². The number of hydrogen-bond acceptors (Lipinski definition) is 4. The highest BCUT2D eigenvalue weighted by Crippen LogP contribution is 2.23. The van der Waals surface area contributed by atoms with E-state index in [9.17, 15) is 0 Å². The number of hydrogen-bond donors (Lipinski definition) is 2. The van der Waals surface area contributed by atoms with E-state index in [2.05, 4.69) is 26.5 Å². The molecule has 3 N–H and O–H groups in total. The van der Waals surface area contributed by atoms with Gasteiger partial charge in [-0.15, -0.1) is 0 Å². The topological polar surface area (TPSA) is 65.1 Å². The average molecular weight is 325 g/mol. The standard InChI is InChI=1S/C13H17BrN4O/c1-2-18-13(11(14)8-16-18)12(17-15)9-19-10-6-4-3-5-7-10/h3-8,12,17H,2,9,15H2,1H3. The Balaban J connectivity index is 2.10. The number of hydrazine groups is 1. The summed E-state index contributed by atoms with van der Waals surface area (Å²) < 4.78 is 8.55. The van der Waals surface area contributed by atoms with Gasteiger partial charge in [-0.25, -0.2) is 5.43 Å². The summed E-state index contributed by atoms with van der Waals surface area (Å²) in [6, 6.07) is 9.53. The normalized spacial score (nSPS) is 12.4. The molecule has 1 heterocycles. The summed E-state index contributed by atoms with van der Waals surface area (Å²) in [5, 5.41) is 4.28. The summed E-state index contributed by atoms with van der Waals surface area (Å²) in [6.45, 7) is 3.25. The molecule has 2 aromatic rings. The summed E-state index contributed by atoms with van der Waals surface area (Å²) in [6.07, 6.45) is 1.77. The molecule has 1 aromatic heterocycles. The number of aryl methyl sites for hydroxylation is 1. The van der Waals surface area contributed by atoms with E-state index in [-0.39, 0.29) is 6.04 Å². The van der Waals surface area contributed by atoms with Gasteiger partial charge in [-0.1, -0.05) is 18.2 Å². The molecule has 0 bridgehead atoms. The molecule has 2 rings (SSSR count). The van der Waals surface area contributed by atoms with Gasteiger partial charge in [-0.2, -0.15) is 5.10 Å². The Kier molecular flexibility index (Phi) is 4.95. The third kappa shape index (κ3) is 3.34. The smallest absolute Gasteiger partial charge is 0.119 e. The first-order valence-electron chi connectivity index (χ1n) is 6.11. The van der Waals surface area contributed by atoms with Gasteiger partial charge < -0.3 is 4.74 Å². The van der Waals surface area contributed by atoms with Gasteiger partial charge in [0.25, 0.3) is 0 Å². The van der Waals surface area contributed by atoms with Crippen molar-refractivity contribution in [1.82, 2.24) is 15.2 Å². The van der Waals surface area contributed by atoms with Crippen LogP contribution < -0.4 is 16.0 Å². The van der Waals surface area contributed by atoms with Crippen molar-refractivity contribution >= 4 is 15.9 Å². The second-order valence-corrected chi connectivity index (χ2v) is 4.89. The van der Waals surface area contributed by atoms with Crippen molar-refractivity contribution in [1.29, 1.82) is 0 Å². The molecular formula is C13H17BrN4O. The average Bonchev–Trinajstić information content (AvgIpc) is 2.82. The fraction of sp³-hybridized carbons (Fsp3) is 0.308. The predicted octanol–water partition coefficient (Wildman–Crippen LogP) is 2.25. The molecule has 0 amide bonds. The third-order valence-electron chi connectivity index (χ3n) is 2.82. The molecule has 102 valence electrons. The maximum absolute atomic E-state index is 5.73. The van der Waals surface area contributed by atoms with Crippen LogP contribution in [-0.4, -0.2) is 16.4 Å². The molecule has 19 heavy (non-hydrogen) atoms. The Hall–Kier alpha value is -1.37. The van der Waals surface area contributed by atoms with Crippen molar-refractivity contribution in [2.45, 2.75) is 19.5 Å². The van der Waals surface area contributed by atoms with Crippen LogP contribution in [0, 0.1) is 0 Å². The molecule has 1 unspecified atom stereocenters. The third-order valence-corrected chi connectivity index (χ3v) is 3.43. The van der Waals surface area contributed by atoms with Crippen LogP contribution in [-0.2, 0) is 6.54 Å². The summed E-state index contributed by atoms with van der Waals surface area (Å²) in [5.74, 6) is 6.45. The minimum atomic E-state index is -0.128. The van der Waals surface area contributed by atoms with E-state index < -0.39 is 0 Å². The second kappa shape index (κ2) is 6.70. The van der Waals surface area contributed by atoms with Gasteiger partial charge in [0, 0.05) is 6.54 Å². The highest BCUT2D eigenvalue weighted by atomic mass is 79.9. The number of para-hydroxylation sites is 1. The van der Waals surface area contributed by atoms with Gasteiger partial charge in [0.1, 0.15) is 12.4 Å². The van der Waals surface area contributed by atoms with Crippen LogP contribution in [0.3, 0.4) is 0 Å². The SMILES string of the molecule is CCn1ncc(Br)c1C(COc1ccccc1)NN. The number of nitrogens with zero attached hydrogens (tertiary/aromatic N) is 2. The molecule has 0 aliphatic carbocycles. The van der Waals surface area contributed by atoms with E-state index in [1.165, 1.54) is 0 Å². The molecule has 0 saturated heterocycles. The molecule has 0 radical (unpaired) electrons. The Bertz CT molecular complexity index is 515. The van der Waals surface area contributed by atoms with Crippen molar-refractivity contribution in [2.75, 3.05) is 6.61 Å². The van der Waals surface area contributed by atoms with Crippen molar-refractivity contribution < 1.29 is 4.74 Å². The molecule has 0 fully saturated rings. The van der Waals surface area contributed by atoms with E-state index in [0.29, 0.717) is 6.61 Å². The molecule has 5 nitrogen and oxygen atoms in total. The summed E-state index contributed by atoms with van der Waals surface area (Å²) in [4.78, 5) is 0. The number of benzene rings is 1. The van der Waals surface area contributed by atoms with Crippen molar-refractivity contribution in [3.05, 3.63) is 46.7 Å². The Labute approximate surface area is 120 Å². The van der Waals surface area contributed by atoms with Gasteiger partial charge in [-0.3, -0.25) is 10.5 Å². The zero-order valence-corrected chi connectivity index (χ0v) is 12.3. The minimum Gasteiger partial charge on any atom is -0.491 e. The fourth-order valence-corrected chi connectivity index (χ4v) is 2.45. The molecule has 0 aliphatic rings. The van der Waals surface area contributed by atoms with Crippen molar-refractivity contribution in [2.24, 2.45) is 5.84 Å². The Morgan fingerprint density at radius 3 is 2.79 bits per heavy atom. The molecule has 0 aliphatic heterocycles. The van der Waals surface area contributed by atoms with Crippen LogP contribution in [0.2, 0.25) is 0 Å². The van der Waals surface area contributed by atoms with E-state index in [1.807, 2.05) is 41.9 Å². The minimum absolute atomic E-state index is 0.128. The van der Waals surface area contributed by atoms with E-state index in [4.69, 9.17) is 10.6 Å². The number of nitrogens with two attached hydrogens (primary N) is 1. The lowest BCUT2D eigenvalue weighted by Crippen LogP contribution is -2.34. The van der Waals surface area contributed by atoms with Gasteiger partial charge >= 0.3 is 0 Å². The Morgan fingerprint density at radius 1 is 1.42 bits per heavy atom. The van der Waals surface area contributed by atoms with E-state index in [0.717, 1.165) is 22.5 Å². The summed E-state index contributed by atoms with van der Waals surface area (Å²) in [7, 11) is 0. The number of halogens is 1. The maximum Gasteiger partial charge on any atom is 0.119 e. The lowest BCUT2D eigenvalue weighted by molar-refractivity contribution is 0.259. The molecular weight excluding hydrogens is 308 g/mol. The summed E-state index contributed by atoms with van der Waals surface area (Å²) >= 11 is 3.49. The largest absolute Gasteiger partial charge is 0.491 e. The number of ether oxygens (including phenoxy) is 1. The highest BCUT2D eigenvalue weighted by molar-refractivity contribution is 9.10. The Morgan fingerprint density at radius 2 is 2.16 bits per heavy atom. The molecule has 6 heteroatoms. The van der Waals surface area contributed by atoms with Crippen LogP contribution in [0.4, 0.5) is 0 Å². The van der Waals surface area contributed by atoms with Crippen LogP contribution >= 0.6 is 15.9 Å². The lowest BCUT2D eigenvalue weighted by Gasteiger charge is -2.18. The number of nitrogens with one attached hydrogen (secondary N) is 1. The van der Waals surface area contributed by atoms with Crippen LogP contribution in [0.1, 0.15) is 18.7 Å². The van der Waals surface area contributed by atoms with E-state index in [1.54, 1.807) is 6.20 Å². The van der Waals surface area contributed by atoms with Crippen LogP contribution in [0.25, 0.3) is 0 Å². The van der Waals surface area contributed by atoms with Crippen molar-refractivity contribution in [3.63, 3.8) is 0 Å². The molecule has 1 atom stereocenters. The van der Waals surface area contributed by atoms with Gasteiger partial charge in [0.2, 0.25) is 0 Å². The molecule has 0 spiro atoms. The number of aromatic nitrogens is 2. The van der Waals surface area contributed by atoms with Crippen LogP contribution in [0.15, 0.2) is 41.0 Å². The van der Waals surface area contributed by atoms with Crippen molar-refractivity contribution in [3.8, 4) is 5.75 Å². The van der Waals surface area contributed by atoms with Gasteiger partial charge in [0.05, 0.1) is 22.4 Å². The van der Waals surface area contributed by atoms with Crippen LogP contribution in [0.5, 0.6) is 5.75 Å². The first kappa shape index (κ1) is 14.0. The number of rotatable bonds is 6. The highest BCUT2D eigenvalue weighted by Gasteiger charge is 2.19. The zero-order valence-electron chi connectivity index (χ0n) is 10.7. The van der Waals surface area contributed by atoms with Gasteiger partial charge in [-0.05, 0) is 35.0 Å². The summed E-state index contributed by atoms with van der Waals surface area (Å²) in [5.41, 5.74) is 3.76. The molecule has 0 saturated carbocycles. The fourth-order valence-electron chi connectivity index (χ4n) is 1.87. The quantitative estimate of drug-likeness (QED) is 0.632. The molecule has 1 aromatic carbocycles. The lowest BCUT2D eigenvalue weighted by atomic mass is 10.2. The first-order chi connectivity index (χ1) is 9.26. The maximum atomic E-state index is 5.73. The first-order valence-corrected chi connectivity index (χ1v) is 6.90. The monoisotopic (exact) mass is 324 g/mol. The zero-order chi connectivity index (χ0) is 13.7. The second-order valence-electron chi connectivity index (χ2n) is 4.04. The predicted molar refractivity (Wildman–Crippen MR) is 77.6 cm³/mol.